The average Bonchev–Trinajstić information content (AvgIpc) is 2.94. The Kier molecular flexibility index (Phi) is 3.59. The number of H-pyrrole nitrogens is 1. The minimum atomic E-state index is -4.49. The average molecular weight is 309 g/mol. The Labute approximate surface area is 122 Å². The highest BCUT2D eigenvalue weighted by atomic mass is 32.2. The number of nitrogens with zero attached hydrogens (tertiary/aromatic N) is 2. The number of aromatic amines is 1. The van der Waals surface area contributed by atoms with E-state index in [-0.39, 0.29) is 5.16 Å². The summed E-state index contributed by atoms with van der Waals surface area (Å²) in [5.41, 5.74) is 1.04. The number of rotatable bonds is 3. The molecule has 0 unspecified atom stereocenters. The minimum Gasteiger partial charge on any atom is -0.254 e. The van der Waals surface area contributed by atoms with Gasteiger partial charge in [-0.15, -0.1) is 5.10 Å². The summed E-state index contributed by atoms with van der Waals surface area (Å²) in [5.74, 6) is -0.556. The molecule has 0 radical (unpaired) electrons. The van der Waals surface area contributed by atoms with Gasteiger partial charge in [0.2, 0.25) is 11.0 Å². The van der Waals surface area contributed by atoms with Gasteiger partial charge in [-0.2, -0.15) is 18.2 Å². The molecule has 0 fully saturated rings. The number of hydrogen-bond acceptors (Lipinski definition) is 3. The minimum absolute atomic E-state index is 0.0928. The summed E-state index contributed by atoms with van der Waals surface area (Å²) in [5, 5.41) is 7.77. The molecule has 21 heavy (non-hydrogen) atoms. The van der Waals surface area contributed by atoms with Crippen molar-refractivity contribution >= 4 is 22.5 Å². The molecule has 3 nitrogen and oxygen atoms in total. The first-order valence-corrected chi connectivity index (χ1v) is 7.11. The van der Waals surface area contributed by atoms with Gasteiger partial charge in [0.05, 0.1) is 0 Å². The second-order valence-corrected chi connectivity index (χ2v) is 5.33. The summed E-state index contributed by atoms with van der Waals surface area (Å²) in [6.45, 7) is 0. The van der Waals surface area contributed by atoms with Gasteiger partial charge in [0, 0.05) is 5.75 Å². The van der Waals surface area contributed by atoms with E-state index in [1.165, 1.54) is 11.8 Å². The van der Waals surface area contributed by atoms with Gasteiger partial charge in [-0.05, 0) is 16.3 Å². The maximum absolute atomic E-state index is 12.4. The van der Waals surface area contributed by atoms with Crippen LogP contribution >= 0.6 is 11.8 Å². The van der Waals surface area contributed by atoms with Gasteiger partial charge in [-0.1, -0.05) is 54.2 Å². The smallest absolute Gasteiger partial charge is 0.254 e. The molecule has 108 valence electrons. The molecule has 0 amide bonds. The number of halogens is 3. The highest BCUT2D eigenvalue weighted by molar-refractivity contribution is 7.98. The molecule has 3 rings (SSSR count). The molecule has 0 saturated heterocycles. The van der Waals surface area contributed by atoms with E-state index in [2.05, 4.69) is 10.1 Å². The van der Waals surface area contributed by atoms with Crippen molar-refractivity contribution in [1.29, 1.82) is 0 Å². The van der Waals surface area contributed by atoms with Crippen molar-refractivity contribution in [1.82, 2.24) is 15.2 Å². The predicted octanol–water partition coefficient (Wildman–Crippen LogP) is 4.27. The highest BCUT2D eigenvalue weighted by Crippen LogP contribution is 2.29. The van der Waals surface area contributed by atoms with Crippen molar-refractivity contribution in [2.75, 3.05) is 0 Å². The lowest BCUT2D eigenvalue weighted by atomic mass is 10.1. The second-order valence-electron chi connectivity index (χ2n) is 4.39. The first-order chi connectivity index (χ1) is 10.0. The Morgan fingerprint density at radius 2 is 1.81 bits per heavy atom. The number of hydrogen-bond donors (Lipinski definition) is 1. The molecule has 0 atom stereocenters. The Balaban J connectivity index is 1.79. The van der Waals surface area contributed by atoms with Crippen LogP contribution < -0.4 is 0 Å². The summed E-state index contributed by atoms with van der Waals surface area (Å²) in [4.78, 5) is 3.45. The van der Waals surface area contributed by atoms with Crippen molar-refractivity contribution in [3.8, 4) is 0 Å². The van der Waals surface area contributed by atoms with E-state index < -0.39 is 12.0 Å². The van der Waals surface area contributed by atoms with Crippen LogP contribution in [0.4, 0.5) is 13.2 Å². The van der Waals surface area contributed by atoms with E-state index in [9.17, 15) is 13.2 Å². The van der Waals surface area contributed by atoms with E-state index in [1.54, 1.807) is 0 Å². The van der Waals surface area contributed by atoms with Gasteiger partial charge in [-0.25, -0.2) is 0 Å². The van der Waals surface area contributed by atoms with E-state index in [0.29, 0.717) is 5.75 Å². The number of alkyl halides is 3. The molecule has 0 saturated carbocycles. The van der Waals surface area contributed by atoms with E-state index in [0.717, 1.165) is 16.3 Å². The lowest BCUT2D eigenvalue weighted by molar-refractivity contribution is -0.144. The lowest BCUT2D eigenvalue weighted by Gasteiger charge is -2.04. The highest BCUT2D eigenvalue weighted by Gasteiger charge is 2.35. The number of thioether (sulfide) groups is 1. The van der Waals surface area contributed by atoms with Crippen LogP contribution in [0.15, 0.2) is 47.6 Å². The quantitative estimate of drug-likeness (QED) is 0.735. The van der Waals surface area contributed by atoms with Crippen LogP contribution in [0.25, 0.3) is 10.8 Å². The molecule has 7 heteroatoms. The molecule has 0 aliphatic heterocycles. The third kappa shape index (κ3) is 3.02. The zero-order chi connectivity index (χ0) is 14.9. The maximum Gasteiger partial charge on any atom is 0.451 e. The number of benzene rings is 2. The molecule has 0 aliphatic rings. The van der Waals surface area contributed by atoms with Crippen molar-refractivity contribution in [2.24, 2.45) is 0 Å². The lowest BCUT2D eigenvalue weighted by Crippen LogP contribution is -2.07. The van der Waals surface area contributed by atoms with Crippen LogP contribution in [0.5, 0.6) is 0 Å². The molecule has 0 aliphatic carbocycles. The maximum atomic E-state index is 12.4. The Bertz CT molecular complexity index is 762. The van der Waals surface area contributed by atoms with Gasteiger partial charge < -0.3 is 0 Å². The summed E-state index contributed by atoms with van der Waals surface area (Å²) in [6, 6.07) is 13.7. The van der Waals surface area contributed by atoms with Crippen LogP contribution in [0.1, 0.15) is 11.4 Å². The Hall–Kier alpha value is -2.02. The predicted molar refractivity (Wildman–Crippen MR) is 74.9 cm³/mol. The Morgan fingerprint density at radius 1 is 1.05 bits per heavy atom. The molecule has 1 N–H and O–H groups in total. The number of nitrogens with one attached hydrogen (secondary N) is 1. The summed E-state index contributed by atoms with van der Waals surface area (Å²) >= 11 is 1.17. The van der Waals surface area contributed by atoms with Gasteiger partial charge in [0.25, 0.3) is 0 Å². The summed E-state index contributed by atoms with van der Waals surface area (Å²) in [7, 11) is 0. The second kappa shape index (κ2) is 5.40. The van der Waals surface area contributed by atoms with Gasteiger partial charge in [-0.3, -0.25) is 5.10 Å². The van der Waals surface area contributed by atoms with Crippen molar-refractivity contribution in [2.45, 2.75) is 17.1 Å². The third-order valence-electron chi connectivity index (χ3n) is 2.97. The first kappa shape index (κ1) is 13.9. The topological polar surface area (TPSA) is 41.6 Å². The number of aromatic nitrogens is 3. The van der Waals surface area contributed by atoms with Crippen molar-refractivity contribution < 1.29 is 13.2 Å². The van der Waals surface area contributed by atoms with Crippen LogP contribution in [-0.2, 0) is 11.9 Å². The molecular formula is C14H10F3N3S. The molecule has 0 spiro atoms. The fourth-order valence-corrected chi connectivity index (χ4v) is 2.80. The van der Waals surface area contributed by atoms with Crippen molar-refractivity contribution in [3.63, 3.8) is 0 Å². The molecule has 2 aromatic carbocycles. The molecule has 1 heterocycles. The molecule has 0 bridgehead atoms. The van der Waals surface area contributed by atoms with Crippen LogP contribution in [-0.4, -0.2) is 15.2 Å². The molecular weight excluding hydrogens is 299 g/mol. The number of fused-ring (bicyclic) bond motifs is 1. The monoisotopic (exact) mass is 309 g/mol. The van der Waals surface area contributed by atoms with Crippen LogP contribution in [0.3, 0.4) is 0 Å². The zero-order valence-electron chi connectivity index (χ0n) is 10.7. The fraction of sp³-hybridized carbons (Fsp3) is 0.143. The van der Waals surface area contributed by atoms with E-state index in [1.807, 2.05) is 47.6 Å². The van der Waals surface area contributed by atoms with Gasteiger partial charge in [0.1, 0.15) is 0 Å². The van der Waals surface area contributed by atoms with Crippen LogP contribution in [0, 0.1) is 0 Å². The first-order valence-electron chi connectivity index (χ1n) is 6.13. The van der Waals surface area contributed by atoms with Crippen LogP contribution in [0.2, 0.25) is 0 Å². The van der Waals surface area contributed by atoms with Gasteiger partial charge >= 0.3 is 6.18 Å². The van der Waals surface area contributed by atoms with Gasteiger partial charge in [0.15, 0.2) is 0 Å². The summed E-state index contributed by atoms with van der Waals surface area (Å²) in [6.07, 6.45) is -4.49. The zero-order valence-corrected chi connectivity index (χ0v) is 11.5. The van der Waals surface area contributed by atoms with E-state index >= 15 is 0 Å². The third-order valence-corrected chi connectivity index (χ3v) is 3.87. The largest absolute Gasteiger partial charge is 0.451 e. The molecule has 3 aromatic rings. The molecule has 1 aromatic heterocycles. The fourth-order valence-electron chi connectivity index (χ4n) is 2.00. The van der Waals surface area contributed by atoms with E-state index in [4.69, 9.17) is 0 Å². The SMILES string of the molecule is FC(F)(F)c1nc(SCc2cccc3ccccc23)n[nH]1. The normalized spacial score (nSPS) is 12.0. The standard InChI is InChI=1S/C14H10F3N3S/c15-14(16,17)12-18-13(20-19-12)21-8-10-6-3-5-9-4-1-2-7-11(9)10/h1-7H,8H2,(H,18,19,20). The summed E-state index contributed by atoms with van der Waals surface area (Å²) < 4.78 is 37.3. The van der Waals surface area contributed by atoms with Crippen molar-refractivity contribution in [3.05, 3.63) is 53.9 Å². The Morgan fingerprint density at radius 3 is 2.57 bits per heavy atom.